The quantitative estimate of drug-likeness (QED) is 0.529. The Labute approximate surface area is 185 Å². The van der Waals surface area contributed by atoms with E-state index in [4.69, 9.17) is 23.2 Å². The van der Waals surface area contributed by atoms with E-state index in [1.54, 1.807) is 36.7 Å². The number of benzene rings is 2. The van der Waals surface area contributed by atoms with Crippen molar-refractivity contribution in [3.05, 3.63) is 75.0 Å². The van der Waals surface area contributed by atoms with E-state index in [1.807, 2.05) is 31.2 Å². The van der Waals surface area contributed by atoms with E-state index in [0.717, 1.165) is 11.1 Å². The zero-order chi connectivity index (χ0) is 21.8. The molecular formula is C22H22Cl2N4O2. The fraction of sp³-hybridized carbons (Fsp3) is 0.227. The smallest absolute Gasteiger partial charge is 0.260 e. The van der Waals surface area contributed by atoms with Crippen molar-refractivity contribution >= 4 is 46.4 Å². The Morgan fingerprint density at radius 3 is 2.40 bits per heavy atom. The zero-order valence-electron chi connectivity index (χ0n) is 16.9. The lowest BCUT2D eigenvalue weighted by molar-refractivity contribution is -0.115. The first kappa shape index (κ1) is 21.9. The Morgan fingerprint density at radius 2 is 1.73 bits per heavy atom. The minimum absolute atomic E-state index is 0.133. The molecule has 2 N–H and O–H groups in total. The van der Waals surface area contributed by atoms with E-state index < -0.39 is 5.91 Å². The zero-order valence-corrected chi connectivity index (χ0v) is 18.4. The van der Waals surface area contributed by atoms with Crippen molar-refractivity contribution in [1.82, 2.24) is 9.78 Å². The van der Waals surface area contributed by atoms with Crippen LogP contribution in [0.15, 0.2) is 42.5 Å². The van der Waals surface area contributed by atoms with Crippen LogP contribution in [-0.4, -0.2) is 21.6 Å². The van der Waals surface area contributed by atoms with Crippen LogP contribution in [0.5, 0.6) is 0 Å². The summed E-state index contributed by atoms with van der Waals surface area (Å²) >= 11 is 12.7. The summed E-state index contributed by atoms with van der Waals surface area (Å²) in [5.41, 5.74) is 3.89. The molecule has 0 unspecified atom stereocenters. The van der Waals surface area contributed by atoms with Gasteiger partial charge in [0, 0.05) is 12.1 Å². The summed E-state index contributed by atoms with van der Waals surface area (Å²) in [5, 5.41) is 10.5. The molecule has 0 aliphatic carbocycles. The van der Waals surface area contributed by atoms with Gasteiger partial charge in [0.1, 0.15) is 5.15 Å². The van der Waals surface area contributed by atoms with Gasteiger partial charge < -0.3 is 10.6 Å². The van der Waals surface area contributed by atoms with Gasteiger partial charge in [0.25, 0.3) is 5.91 Å². The van der Waals surface area contributed by atoms with Crippen molar-refractivity contribution in [1.29, 1.82) is 0 Å². The van der Waals surface area contributed by atoms with Gasteiger partial charge in [-0.25, -0.2) is 4.68 Å². The van der Waals surface area contributed by atoms with Crippen LogP contribution in [0.1, 0.15) is 40.5 Å². The molecular weight excluding hydrogens is 423 g/mol. The highest BCUT2D eigenvalue weighted by Gasteiger charge is 2.21. The Balaban J connectivity index is 1.82. The highest BCUT2D eigenvalue weighted by atomic mass is 35.5. The maximum Gasteiger partial charge on any atom is 0.260 e. The summed E-state index contributed by atoms with van der Waals surface area (Å²) in [5.74, 6) is -0.556. The van der Waals surface area contributed by atoms with Crippen molar-refractivity contribution in [3.8, 4) is 0 Å². The van der Waals surface area contributed by atoms with Crippen LogP contribution in [0.2, 0.25) is 10.2 Å². The van der Waals surface area contributed by atoms with Gasteiger partial charge in [0.15, 0.2) is 0 Å². The third-order valence-corrected chi connectivity index (χ3v) is 5.28. The number of aryl methyl sites for hydroxylation is 2. The Morgan fingerprint density at radius 1 is 1.03 bits per heavy atom. The molecule has 6 nitrogen and oxygen atoms in total. The summed E-state index contributed by atoms with van der Waals surface area (Å²) in [7, 11) is 0. The summed E-state index contributed by atoms with van der Waals surface area (Å²) in [6.07, 6.45) is 0.347. The number of nitrogens with one attached hydrogen (secondary N) is 2. The molecule has 0 aliphatic rings. The summed E-state index contributed by atoms with van der Waals surface area (Å²) in [4.78, 5) is 24.5. The molecule has 30 heavy (non-hydrogen) atoms. The van der Waals surface area contributed by atoms with E-state index >= 15 is 0 Å². The van der Waals surface area contributed by atoms with Gasteiger partial charge in [-0.2, -0.15) is 5.10 Å². The normalized spacial score (nSPS) is 10.7. The molecule has 0 atom stereocenters. The molecule has 156 valence electrons. The number of hydrogen-bond acceptors (Lipinski definition) is 3. The number of halogens is 2. The predicted octanol–water partition coefficient (Wildman–Crippen LogP) is 5.46. The largest absolute Gasteiger partial charge is 0.326 e. The molecule has 2 aromatic carbocycles. The lowest BCUT2D eigenvalue weighted by atomic mass is 10.1. The summed E-state index contributed by atoms with van der Waals surface area (Å²) < 4.78 is 1.59. The van der Waals surface area contributed by atoms with Crippen molar-refractivity contribution in [3.63, 3.8) is 0 Å². The van der Waals surface area contributed by atoms with Gasteiger partial charge in [-0.05, 0) is 37.6 Å². The number of anilines is 2. The maximum atomic E-state index is 12.9. The number of rotatable bonds is 6. The number of aromatic nitrogens is 2. The Hall–Kier alpha value is -2.83. The average molecular weight is 445 g/mol. The van der Waals surface area contributed by atoms with E-state index in [2.05, 4.69) is 15.7 Å². The molecule has 1 aromatic heterocycles. The lowest BCUT2D eigenvalue weighted by Gasteiger charge is -2.10. The number of carbonyl (C=O) groups excluding carboxylic acids is 2. The first-order valence-corrected chi connectivity index (χ1v) is 10.2. The molecule has 3 aromatic rings. The van der Waals surface area contributed by atoms with Crippen LogP contribution in [-0.2, 0) is 11.3 Å². The van der Waals surface area contributed by atoms with Crippen molar-refractivity contribution in [2.75, 3.05) is 10.6 Å². The minimum Gasteiger partial charge on any atom is -0.326 e. The first-order chi connectivity index (χ1) is 14.3. The molecule has 2 amide bonds. The second kappa shape index (κ2) is 9.32. The number of amides is 2. The van der Waals surface area contributed by atoms with Crippen LogP contribution in [0, 0.1) is 13.8 Å². The highest BCUT2D eigenvalue weighted by Crippen LogP contribution is 2.28. The molecule has 1 heterocycles. The number of nitrogens with zero attached hydrogens (tertiary/aromatic N) is 2. The molecule has 0 bridgehead atoms. The lowest BCUT2D eigenvalue weighted by Crippen LogP contribution is -2.14. The van der Waals surface area contributed by atoms with E-state index in [-0.39, 0.29) is 16.6 Å². The third-order valence-electron chi connectivity index (χ3n) is 4.56. The molecule has 0 saturated carbocycles. The monoisotopic (exact) mass is 444 g/mol. The second-order valence-corrected chi connectivity index (χ2v) is 7.71. The molecule has 0 fully saturated rings. The van der Waals surface area contributed by atoms with Crippen LogP contribution in [0.25, 0.3) is 0 Å². The van der Waals surface area contributed by atoms with Gasteiger partial charge in [-0.1, -0.05) is 60.0 Å². The van der Waals surface area contributed by atoms with Gasteiger partial charge in [0.2, 0.25) is 5.91 Å². The van der Waals surface area contributed by atoms with Crippen molar-refractivity contribution in [2.24, 2.45) is 0 Å². The minimum atomic E-state index is -0.423. The van der Waals surface area contributed by atoms with Crippen molar-refractivity contribution in [2.45, 2.75) is 33.7 Å². The van der Waals surface area contributed by atoms with Crippen LogP contribution in [0.3, 0.4) is 0 Å². The number of carbonyl (C=O) groups is 2. The maximum absolute atomic E-state index is 12.9. The van der Waals surface area contributed by atoms with Gasteiger partial charge in [-0.15, -0.1) is 0 Å². The Bertz CT molecular complexity index is 1090. The summed E-state index contributed by atoms with van der Waals surface area (Å²) in [6.45, 7) is 5.95. The van der Waals surface area contributed by atoms with Gasteiger partial charge in [-0.3, -0.25) is 9.59 Å². The fourth-order valence-electron chi connectivity index (χ4n) is 2.92. The van der Waals surface area contributed by atoms with Crippen LogP contribution < -0.4 is 10.6 Å². The standard InChI is InChI=1S/C22H22Cl2N4O2/c1-4-19(29)25-16-9-10-17(23)18(11-16)26-22(30)20-14(3)27-28(21(20)24)12-15-7-5-13(2)6-8-15/h5-11H,4,12H2,1-3H3,(H,25,29)(H,26,30). The van der Waals surface area contributed by atoms with E-state index in [1.165, 1.54) is 0 Å². The van der Waals surface area contributed by atoms with Crippen molar-refractivity contribution < 1.29 is 9.59 Å². The fourth-order valence-corrected chi connectivity index (χ4v) is 3.40. The second-order valence-electron chi connectivity index (χ2n) is 6.94. The topological polar surface area (TPSA) is 76.0 Å². The first-order valence-electron chi connectivity index (χ1n) is 9.47. The molecule has 0 saturated heterocycles. The van der Waals surface area contributed by atoms with Gasteiger partial charge >= 0.3 is 0 Å². The van der Waals surface area contributed by atoms with E-state index in [9.17, 15) is 9.59 Å². The Kier molecular flexibility index (Phi) is 6.80. The summed E-state index contributed by atoms with van der Waals surface area (Å²) in [6, 6.07) is 12.9. The highest BCUT2D eigenvalue weighted by molar-refractivity contribution is 6.35. The van der Waals surface area contributed by atoms with E-state index in [0.29, 0.717) is 35.1 Å². The van der Waals surface area contributed by atoms with Crippen LogP contribution in [0.4, 0.5) is 11.4 Å². The molecule has 0 aliphatic heterocycles. The molecule has 3 rings (SSSR count). The third kappa shape index (κ3) is 5.01. The van der Waals surface area contributed by atoms with Gasteiger partial charge in [0.05, 0.1) is 28.5 Å². The number of hydrogen-bond donors (Lipinski definition) is 2. The molecule has 0 spiro atoms. The van der Waals surface area contributed by atoms with Crippen LogP contribution >= 0.6 is 23.2 Å². The SMILES string of the molecule is CCC(=O)Nc1ccc(Cl)c(NC(=O)c2c(C)nn(Cc3ccc(C)cc3)c2Cl)c1. The molecule has 0 radical (unpaired) electrons. The average Bonchev–Trinajstić information content (AvgIpc) is 2.99. The predicted molar refractivity (Wildman–Crippen MR) is 121 cm³/mol. The molecule has 8 heteroatoms.